The SMILES string of the molecule is N#CC(C#N)=C(C#N)c1ccsc1Nc1ccccc1. The quantitative estimate of drug-likeness (QED) is 0.864. The average Bonchev–Trinajstić information content (AvgIpc) is 2.93. The molecule has 0 radical (unpaired) electrons. The molecule has 4 nitrogen and oxygen atoms in total. The van der Waals surface area contributed by atoms with Crippen LogP contribution in [-0.2, 0) is 0 Å². The molecule has 0 bridgehead atoms. The van der Waals surface area contributed by atoms with Crippen molar-refractivity contribution in [3.63, 3.8) is 0 Å². The third-order valence-corrected chi connectivity index (χ3v) is 3.38. The van der Waals surface area contributed by atoms with Crippen molar-refractivity contribution >= 4 is 27.6 Å². The lowest BCUT2D eigenvalue weighted by Gasteiger charge is -2.06. The summed E-state index contributed by atoms with van der Waals surface area (Å²) in [5.41, 5.74) is 1.36. The Morgan fingerprint density at radius 3 is 2.25 bits per heavy atom. The molecule has 0 saturated heterocycles. The summed E-state index contributed by atoms with van der Waals surface area (Å²) < 4.78 is 0. The standard InChI is InChI=1S/C15H8N4S/c16-8-11(9-17)14(10-18)13-6-7-20-15(13)19-12-4-2-1-3-5-12/h1-7,19H. The Morgan fingerprint density at radius 1 is 0.950 bits per heavy atom. The number of nitrogens with one attached hydrogen (secondary N) is 1. The zero-order valence-electron chi connectivity index (χ0n) is 10.3. The van der Waals surface area contributed by atoms with Crippen molar-refractivity contribution in [3.05, 3.63) is 52.9 Å². The van der Waals surface area contributed by atoms with Crippen LogP contribution in [0.25, 0.3) is 5.57 Å². The van der Waals surface area contributed by atoms with Gasteiger partial charge in [-0.1, -0.05) is 18.2 Å². The lowest BCUT2D eigenvalue weighted by atomic mass is 10.0. The molecule has 5 heteroatoms. The molecule has 1 aromatic heterocycles. The molecule has 0 aliphatic heterocycles. The Bertz CT molecular complexity index is 751. The molecule has 0 aliphatic rings. The second kappa shape index (κ2) is 6.20. The number of nitrogens with zero attached hydrogens (tertiary/aromatic N) is 3. The Balaban J connectivity index is 2.45. The van der Waals surface area contributed by atoms with Crippen molar-refractivity contribution in [2.75, 3.05) is 5.32 Å². The number of hydrogen-bond acceptors (Lipinski definition) is 5. The first-order valence-corrected chi connectivity index (χ1v) is 6.52. The van der Waals surface area contributed by atoms with E-state index >= 15 is 0 Å². The van der Waals surface area contributed by atoms with Crippen LogP contribution < -0.4 is 5.32 Å². The summed E-state index contributed by atoms with van der Waals surface area (Å²) in [4.78, 5) is 0. The van der Waals surface area contributed by atoms with Crippen molar-refractivity contribution < 1.29 is 0 Å². The lowest BCUT2D eigenvalue weighted by Crippen LogP contribution is -1.92. The van der Waals surface area contributed by atoms with E-state index in [1.165, 1.54) is 11.3 Å². The van der Waals surface area contributed by atoms with E-state index in [-0.39, 0.29) is 11.1 Å². The van der Waals surface area contributed by atoms with Crippen LogP contribution in [0.2, 0.25) is 0 Å². The molecule has 0 unspecified atom stereocenters. The van der Waals surface area contributed by atoms with Crippen LogP contribution in [0.5, 0.6) is 0 Å². The van der Waals surface area contributed by atoms with Gasteiger partial charge in [-0.15, -0.1) is 11.3 Å². The van der Waals surface area contributed by atoms with Crippen LogP contribution >= 0.6 is 11.3 Å². The van der Waals surface area contributed by atoms with Gasteiger partial charge in [0.25, 0.3) is 0 Å². The van der Waals surface area contributed by atoms with Crippen molar-refractivity contribution in [3.8, 4) is 18.2 Å². The molecule has 0 amide bonds. The smallest absolute Gasteiger partial charge is 0.148 e. The van der Waals surface area contributed by atoms with Crippen LogP contribution in [-0.4, -0.2) is 0 Å². The van der Waals surface area contributed by atoms with Crippen LogP contribution in [0.4, 0.5) is 10.7 Å². The van der Waals surface area contributed by atoms with Crippen molar-refractivity contribution in [1.29, 1.82) is 15.8 Å². The Morgan fingerprint density at radius 2 is 1.65 bits per heavy atom. The highest BCUT2D eigenvalue weighted by molar-refractivity contribution is 7.14. The predicted molar refractivity (Wildman–Crippen MR) is 77.8 cm³/mol. The topological polar surface area (TPSA) is 83.4 Å². The lowest BCUT2D eigenvalue weighted by molar-refractivity contribution is 1.45. The maximum absolute atomic E-state index is 9.19. The van der Waals surface area contributed by atoms with Gasteiger partial charge in [-0.2, -0.15) is 15.8 Å². The summed E-state index contributed by atoms with van der Waals surface area (Å²) >= 11 is 1.41. The minimum Gasteiger partial charge on any atom is -0.347 e. The van der Waals surface area contributed by atoms with Gasteiger partial charge in [0.1, 0.15) is 28.8 Å². The Labute approximate surface area is 120 Å². The van der Waals surface area contributed by atoms with Gasteiger partial charge in [-0.25, -0.2) is 0 Å². The highest BCUT2D eigenvalue weighted by Gasteiger charge is 2.14. The van der Waals surface area contributed by atoms with Gasteiger partial charge in [0, 0.05) is 11.3 Å². The molecule has 2 rings (SSSR count). The third-order valence-electron chi connectivity index (χ3n) is 2.55. The first-order chi connectivity index (χ1) is 9.80. The van der Waals surface area contributed by atoms with E-state index in [9.17, 15) is 5.26 Å². The van der Waals surface area contributed by atoms with Gasteiger partial charge in [0.15, 0.2) is 0 Å². The van der Waals surface area contributed by atoms with Gasteiger partial charge in [0.05, 0.1) is 5.57 Å². The van der Waals surface area contributed by atoms with E-state index in [0.717, 1.165) is 10.7 Å². The maximum Gasteiger partial charge on any atom is 0.148 e. The van der Waals surface area contributed by atoms with Gasteiger partial charge in [0.2, 0.25) is 0 Å². The molecule has 0 spiro atoms. The average molecular weight is 276 g/mol. The van der Waals surface area contributed by atoms with E-state index in [1.54, 1.807) is 18.2 Å². The predicted octanol–water partition coefficient (Wildman–Crippen LogP) is 3.82. The van der Waals surface area contributed by atoms with Gasteiger partial charge in [-0.3, -0.25) is 0 Å². The highest BCUT2D eigenvalue weighted by atomic mass is 32.1. The number of benzene rings is 1. The zero-order chi connectivity index (χ0) is 14.4. The van der Waals surface area contributed by atoms with Crippen LogP contribution in [0.1, 0.15) is 5.56 Å². The minimum absolute atomic E-state index is 0.0923. The second-order valence-corrected chi connectivity index (χ2v) is 4.66. The molecule has 1 heterocycles. The molecular formula is C15H8N4S. The molecule has 94 valence electrons. The van der Waals surface area contributed by atoms with Gasteiger partial charge in [-0.05, 0) is 23.6 Å². The summed E-state index contributed by atoms with van der Waals surface area (Å²) in [6.45, 7) is 0. The minimum atomic E-state index is -0.179. The molecule has 0 saturated carbocycles. The van der Waals surface area contributed by atoms with Gasteiger partial charge < -0.3 is 5.32 Å². The van der Waals surface area contributed by atoms with Crippen molar-refractivity contribution in [1.82, 2.24) is 0 Å². The number of nitriles is 3. The zero-order valence-corrected chi connectivity index (χ0v) is 11.1. The van der Waals surface area contributed by atoms with E-state index in [4.69, 9.17) is 10.5 Å². The second-order valence-electron chi connectivity index (χ2n) is 3.74. The molecule has 0 aliphatic carbocycles. The molecule has 1 aromatic carbocycles. The summed E-state index contributed by atoms with van der Waals surface area (Å²) in [7, 11) is 0. The van der Waals surface area contributed by atoms with Crippen molar-refractivity contribution in [2.24, 2.45) is 0 Å². The number of thiophene rings is 1. The molecular weight excluding hydrogens is 268 g/mol. The summed E-state index contributed by atoms with van der Waals surface area (Å²) in [5.74, 6) is 0. The van der Waals surface area contributed by atoms with Crippen molar-refractivity contribution in [2.45, 2.75) is 0 Å². The van der Waals surface area contributed by atoms with E-state index in [1.807, 2.05) is 41.8 Å². The summed E-state index contributed by atoms with van der Waals surface area (Å²) in [5, 5.41) is 32.7. The monoisotopic (exact) mass is 276 g/mol. The number of para-hydroxylation sites is 1. The first kappa shape index (κ1) is 13.4. The van der Waals surface area contributed by atoms with Crippen LogP contribution in [0.3, 0.4) is 0 Å². The number of rotatable bonds is 3. The van der Waals surface area contributed by atoms with Crippen LogP contribution in [0, 0.1) is 34.0 Å². The third kappa shape index (κ3) is 2.67. The summed E-state index contributed by atoms with van der Waals surface area (Å²) in [6.07, 6.45) is 0. The fourth-order valence-corrected chi connectivity index (χ4v) is 2.46. The fraction of sp³-hybridized carbons (Fsp3) is 0. The van der Waals surface area contributed by atoms with E-state index in [0.29, 0.717) is 5.56 Å². The molecule has 0 atom stereocenters. The Hall–Kier alpha value is -3.07. The largest absolute Gasteiger partial charge is 0.347 e. The van der Waals surface area contributed by atoms with Gasteiger partial charge >= 0.3 is 0 Å². The highest BCUT2D eigenvalue weighted by Crippen LogP contribution is 2.33. The molecule has 2 aromatic rings. The number of allylic oxidation sites excluding steroid dienone is 2. The summed E-state index contributed by atoms with van der Waals surface area (Å²) in [6, 6.07) is 16.7. The molecule has 20 heavy (non-hydrogen) atoms. The fourth-order valence-electron chi connectivity index (χ4n) is 1.64. The maximum atomic E-state index is 9.19. The van der Waals surface area contributed by atoms with Crippen LogP contribution in [0.15, 0.2) is 47.4 Å². The Kier molecular flexibility index (Phi) is 4.14. The normalized spacial score (nSPS) is 8.85. The first-order valence-electron chi connectivity index (χ1n) is 5.64. The van der Waals surface area contributed by atoms with E-state index in [2.05, 4.69) is 5.32 Å². The van der Waals surface area contributed by atoms with E-state index < -0.39 is 0 Å². The molecule has 0 fully saturated rings. The molecule has 1 N–H and O–H groups in total. The number of anilines is 2. The number of hydrogen-bond donors (Lipinski definition) is 1.